The van der Waals surface area contributed by atoms with Crippen molar-refractivity contribution in [1.82, 2.24) is 10.2 Å². The molecule has 3 rings (SSSR count). The third-order valence-electron chi connectivity index (χ3n) is 4.40. The molecule has 1 N–H and O–H groups in total. The maximum absolute atomic E-state index is 5.52. The van der Waals surface area contributed by atoms with Crippen LogP contribution in [-0.4, -0.2) is 37.2 Å². The van der Waals surface area contributed by atoms with E-state index < -0.39 is 0 Å². The molecular formula is C16H26N2OS. The molecule has 0 aromatic carbocycles. The molecule has 1 saturated heterocycles. The van der Waals surface area contributed by atoms with Gasteiger partial charge in [0, 0.05) is 42.5 Å². The molecule has 1 unspecified atom stereocenters. The number of aryl methyl sites for hydroxylation is 1. The minimum Gasteiger partial charge on any atom is -0.380 e. The van der Waals surface area contributed by atoms with Gasteiger partial charge in [-0.3, -0.25) is 4.90 Å². The van der Waals surface area contributed by atoms with Crippen molar-refractivity contribution in [2.45, 2.75) is 57.8 Å². The van der Waals surface area contributed by atoms with Gasteiger partial charge in [-0.05, 0) is 50.8 Å². The van der Waals surface area contributed by atoms with Crippen LogP contribution in [0.25, 0.3) is 0 Å². The second kappa shape index (κ2) is 6.56. The number of likely N-dealkylation sites (tertiary alicyclic amines) is 1. The Morgan fingerprint density at radius 3 is 3.00 bits per heavy atom. The quantitative estimate of drug-likeness (QED) is 0.873. The van der Waals surface area contributed by atoms with Crippen LogP contribution >= 0.6 is 11.3 Å². The summed E-state index contributed by atoms with van der Waals surface area (Å²) >= 11 is 1.96. The molecule has 1 aromatic rings. The summed E-state index contributed by atoms with van der Waals surface area (Å²) < 4.78 is 5.52. The number of nitrogens with zero attached hydrogens (tertiary/aromatic N) is 1. The van der Waals surface area contributed by atoms with Crippen LogP contribution in [0.15, 0.2) is 6.07 Å². The smallest absolute Gasteiger partial charge is 0.0698 e. The predicted molar refractivity (Wildman–Crippen MR) is 84.2 cm³/mol. The van der Waals surface area contributed by atoms with Crippen LogP contribution in [0.1, 0.15) is 41.0 Å². The van der Waals surface area contributed by atoms with Crippen LogP contribution in [-0.2, 0) is 17.8 Å². The van der Waals surface area contributed by atoms with Crippen molar-refractivity contribution >= 4 is 11.3 Å². The molecule has 1 aliphatic heterocycles. The average molecular weight is 294 g/mol. The molecule has 1 saturated carbocycles. The van der Waals surface area contributed by atoms with E-state index in [1.165, 1.54) is 47.5 Å². The Kier molecular flexibility index (Phi) is 4.76. The highest BCUT2D eigenvalue weighted by Gasteiger charge is 2.22. The monoisotopic (exact) mass is 294 g/mol. The van der Waals surface area contributed by atoms with E-state index >= 15 is 0 Å². The van der Waals surface area contributed by atoms with E-state index in [9.17, 15) is 0 Å². The first-order chi connectivity index (χ1) is 9.74. The average Bonchev–Trinajstić information content (AvgIpc) is 3.22. The maximum Gasteiger partial charge on any atom is 0.0698 e. The number of piperidine rings is 1. The number of hydrogen-bond donors (Lipinski definition) is 1. The molecular weight excluding hydrogens is 268 g/mol. The van der Waals surface area contributed by atoms with Gasteiger partial charge in [0.1, 0.15) is 0 Å². The van der Waals surface area contributed by atoms with Gasteiger partial charge in [0.2, 0.25) is 0 Å². The second-order valence-electron chi connectivity index (χ2n) is 6.18. The van der Waals surface area contributed by atoms with Crippen molar-refractivity contribution in [3.05, 3.63) is 21.4 Å². The molecule has 0 amide bonds. The largest absolute Gasteiger partial charge is 0.380 e. The van der Waals surface area contributed by atoms with Crippen LogP contribution in [0.5, 0.6) is 0 Å². The van der Waals surface area contributed by atoms with Gasteiger partial charge in [-0.25, -0.2) is 0 Å². The third-order valence-corrected chi connectivity index (χ3v) is 5.50. The van der Waals surface area contributed by atoms with E-state index in [-0.39, 0.29) is 0 Å². The van der Waals surface area contributed by atoms with E-state index in [2.05, 4.69) is 23.2 Å². The first-order valence-electron chi connectivity index (χ1n) is 7.81. The zero-order chi connectivity index (χ0) is 13.9. The van der Waals surface area contributed by atoms with E-state index in [0.717, 1.165) is 25.7 Å². The van der Waals surface area contributed by atoms with Crippen LogP contribution in [0.4, 0.5) is 0 Å². The van der Waals surface area contributed by atoms with E-state index in [1.807, 2.05) is 18.4 Å². The Morgan fingerprint density at radius 2 is 2.25 bits per heavy atom. The van der Waals surface area contributed by atoms with Crippen LogP contribution in [0.2, 0.25) is 0 Å². The molecule has 2 heterocycles. The molecule has 2 aliphatic rings. The second-order valence-corrected chi connectivity index (χ2v) is 7.53. The normalized spacial score (nSPS) is 24.2. The van der Waals surface area contributed by atoms with E-state index in [0.29, 0.717) is 6.10 Å². The van der Waals surface area contributed by atoms with Crippen molar-refractivity contribution in [3.63, 3.8) is 0 Å². The lowest BCUT2D eigenvalue weighted by Crippen LogP contribution is -2.38. The van der Waals surface area contributed by atoms with Crippen LogP contribution in [0.3, 0.4) is 0 Å². The summed E-state index contributed by atoms with van der Waals surface area (Å²) in [6.45, 7) is 6.70. The highest BCUT2D eigenvalue weighted by Crippen LogP contribution is 2.26. The third kappa shape index (κ3) is 3.82. The minimum absolute atomic E-state index is 0.429. The first kappa shape index (κ1) is 14.5. The summed E-state index contributed by atoms with van der Waals surface area (Å²) in [5.41, 5.74) is 1.51. The van der Waals surface area contributed by atoms with Gasteiger partial charge in [0.15, 0.2) is 0 Å². The number of hydrogen-bond acceptors (Lipinski definition) is 4. The van der Waals surface area contributed by atoms with Crippen molar-refractivity contribution in [2.24, 2.45) is 0 Å². The van der Waals surface area contributed by atoms with Gasteiger partial charge in [-0.2, -0.15) is 0 Å². The van der Waals surface area contributed by atoms with E-state index in [4.69, 9.17) is 4.74 Å². The summed E-state index contributed by atoms with van der Waals surface area (Å²) in [4.78, 5) is 5.52. The lowest BCUT2D eigenvalue weighted by molar-refractivity contribution is 0.0285. The number of thiophene rings is 1. The Morgan fingerprint density at radius 1 is 1.40 bits per heavy atom. The van der Waals surface area contributed by atoms with Crippen molar-refractivity contribution in [3.8, 4) is 0 Å². The van der Waals surface area contributed by atoms with Crippen molar-refractivity contribution < 1.29 is 4.74 Å². The van der Waals surface area contributed by atoms with Gasteiger partial charge >= 0.3 is 0 Å². The zero-order valence-corrected chi connectivity index (χ0v) is 13.5. The molecule has 1 aliphatic carbocycles. The first-order valence-corrected chi connectivity index (χ1v) is 8.63. The molecule has 2 fully saturated rings. The Labute approximate surface area is 126 Å². The molecule has 1 atom stereocenters. The Hall–Kier alpha value is -0.420. The summed E-state index contributed by atoms with van der Waals surface area (Å²) in [5.74, 6) is 0. The number of methoxy groups -OCH3 is 1. The molecule has 4 heteroatoms. The fraction of sp³-hybridized carbons (Fsp3) is 0.750. The van der Waals surface area contributed by atoms with E-state index in [1.54, 1.807) is 0 Å². The van der Waals surface area contributed by atoms with Crippen molar-refractivity contribution in [1.29, 1.82) is 0 Å². The van der Waals surface area contributed by atoms with Crippen molar-refractivity contribution in [2.75, 3.05) is 20.2 Å². The number of nitrogens with one attached hydrogen (secondary N) is 1. The highest BCUT2D eigenvalue weighted by molar-refractivity contribution is 7.12. The summed E-state index contributed by atoms with van der Waals surface area (Å²) in [7, 11) is 1.84. The minimum atomic E-state index is 0.429. The SMILES string of the molecule is COC1CCCN(Cc2cc(CNC3CC3)sc2C)C1. The molecule has 20 heavy (non-hydrogen) atoms. The summed E-state index contributed by atoms with van der Waals surface area (Å²) in [6, 6.07) is 3.21. The fourth-order valence-corrected chi connectivity index (χ4v) is 3.96. The fourth-order valence-electron chi connectivity index (χ4n) is 2.95. The molecule has 0 radical (unpaired) electrons. The molecule has 3 nitrogen and oxygen atoms in total. The molecule has 0 bridgehead atoms. The topological polar surface area (TPSA) is 24.5 Å². The molecule has 1 aromatic heterocycles. The summed E-state index contributed by atoms with van der Waals surface area (Å²) in [6.07, 6.45) is 5.63. The standard InChI is InChI=1S/C16H26N2OS/c1-12-13(8-16(20-12)9-17-14-5-6-14)10-18-7-3-4-15(11-18)19-2/h8,14-15,17H,3-7,9-11H2,1-2H3. The van der Waals surface area contributed by atoms with Crippen LogP contribution in [0, 0.1) is 6.92 Å². The van der Waals surface area contributed by atoms with Crippen LogP contribution < -0.4 is 5.32 Å². The summed E-state index contributed by atoms with van der Waals surface area (Å²) in [5, 5.41) is 3.61. The van der Waals surface area contributed by atoms with Gasteiger partial charge < -0.3 is 10.1 Å². The van der Waals surface area contributed by atoms with Gasteiger partial charge in [-0.1, -0.05) is 0 Å². The highest BCUT2D eigenvalue weighted by atomic mass is 32.1. The Balaban J connectivity index is 1.55. The molecule has 0 spiro atoms. The lowest BCUT2D eigenvalue weighted by atomic mass is 10.1. The Bertz CT molecular complexity index is 442. The van der Waals surface area contributed by atoms with Gasteiger partial charge in [0.05, 0.1) is 6.10 Å². The zero-order valence-electron chi connectivity index (χ0n) is 12.7. The number of rotatable bonds is 6. The van der Waals surface area contributed by atoms with Gasteiger partial charge in [-0.15, -0.1) is 11.3 Å². The predicted octanol–water partition coefficient (Wildman–Crippen LogP) is 2.92. The lowest BCUT2D eigenvalue weighted by Gasteiger charge is -2.31. The maximum atomic E-state index is 5.52. The molecule has 112 valence electrons. The van der Waals surface area contributed by atoms with Gasteiger partial charge in [0.25, 0.3) is 0 Å². The number of ether oxygens (including phenoxy) is 1.